The van der Waals surface area contributed by atoms with Crippen LogP contribution < -0.4 is 10.5 Å². The molecule has 0 bridgehead atoms. The molecule has 0 aromatic heterocycles. The van der Waals surface area contributed by atoms with Crippen LogP contribution in [0.4, 0.5) is 4.39 Å². The minimum Gasteiger partial charge on any atom is -0.488 e. The smallest absolute Gasteiger partial charge is 0.127 e. The summed E-state index contributed by atoms with van der Waals surface area (Å²) in [4.78, 5) is 0. The van der Waals surface area contributed by atoms with Crippen molar-refractivity contribution in [1.29, 1.82) is 0 Å². The normalized spacial score (nSPS) is 12.3. The summed E-state index contributed by atoms with van der Waals surface area (Å²) in [5.74, 6) is 0.125. The average molecular weight is 274 g/mol. The molecular weight excluding hydrogens is 261 g/mol. The fourth-order valence-corrected chi connectivity index (χ4v) is 1.28. The first kappa shape index (κ1) is 12.2. The van der Waals surface area contributed by atoms with Crippen LogP contribution >= 0.6 is 15.9 Å². The lowest BCUT2D eigenvalue weighted by atomic mass is 10.1. The molecule has 15 heavy (non-hydrogen) atoms. The van der Waals surface area contributed by atoms with Crippen molar-refractivity contribution in [2.75, 3.05) is 6.61 Å². The van der Waals surface area contributed by atoms with Crippen molar-refractivity contribution in [2.45, 2.75) is 13.0 Å². The van der Waals surface area contributed by atoms with Crippen LogP contribution in [0.3, 0.4) is 0 Å². The van der Waals surface area contributed by atoms with Gasteiger partial charge in [-0.3, -0.25) is 0 Å². The third kappa shape index (κ3) is 3.64. The first-order chi connectivity index (χ1) is 7.00. The van der Waals surface area contributed by atoms with Gasteiger partial charge in [0.25, 0.3) is 0 Å². The first-order valence-electron chi connectivity index (χ1n) is 4.52. The van der Waals surface area contributed by atoms with Gasteiger partial charge >= 0.3 is 0 Å². The molecule has 1 aromatic carbocycles. The molecule has 0 unspecified atom stereocenters. The molecule has 0 aliphatic carbocycles. The Labute approximate surface area is 97.1 Å². The summed E-state index contributed by atoms with van der Waals surface area (Å²) in [6.45, 7) is 5.75. The lowest BCUT2D eigenvalue weighted by Gasteiger charge is -2.13. The van der Waals surface area contributed by atoms with Crippen LogP contribution in [-0.2, 0) is 0 Å². The molecule has 1 atom stereocenters. The summed E-state index contributed by atoms with van der Waals surface area (Å²) in [6.07, 6.45) is 0. The van der Waals surface area contributed by atoms with Gasteiger partial charge in [0.15, 0.2) is 0 Å². The second-order valence-electron chi connectivity index (χ2n) is 3.28. The molecule has 0 heterocycles. The zero-order valence-corrected chi connectivity index (χ0v) is 10.1. The van der Waals surface area contributed by atoms with Gasteiger partial charge in [0.1, 0.15) is 18.2 Å². The largest absolute Gasteiger partial charge is 0.488 e. The van der Waals surface area contributed by atoms with Crippen LogP contribution in [0.25, 0.3) is 0 Å². The van der Waals surface area contributed by atoms with Crippen molar-refractivity contribution in [3.63, 3.8) is 0 Å². The highest BCUT2D eigenvalue weighted by Crippen LogP contribution is 2.25. The molecule has 0 amide bonds. The Morgan fingerprint density at radius 2 is 2.33 bits per heavy atom. The number of halogens is 2. The van der Waals surface area contributed by atoms with Crippen LogP contribution in [0, 0.1) is 5.82 Å². The zero-order valence-electron chi connectivity index (χ0n) is 8.47. The highest BCUT2D eigenvalue weighted by atomic mass is 79.9. The highest BCUT2D eigenvalue weighted by Gasteiger charge is 2.09. The summed E-state index contributed by atoms with van der Waals surface area (Å²) >= 11 is 3.17. The van der Waals surface area contributed by atoms with Gasteiger partial charge < -0.3 is 10.5 Å². The summed E-state index contributed by atoms with van der Waals surface area (Å²) in [7, 11) is 0. The number of hydrogen-bond donors (Lipinski definition) is 1. The number of ether oxygens (including phenoxy) is 1. The van der Waals surface area contributed by atoms with Gasteiger partial charge in [0.2, 0.25) is 0 Å². The predicted molar refractivity (Wildman–Crippen MR) is 62.6 cm³/mol. The number of benzene rings is 1. The minimum atomic E-state index is -0.338. The van der Waals surface area contributed by atoms with Crippen LogP contribution in [0.5, 0.6) is 5.75 Å². The Kier molecular flexibility index (Phi) is 4.29. The minimum absolute atomic E-state index is 0.191. The third-order valence-electron chi connectivity index (χ3n) is 1.85. The van der Waals surface area contributed by atoms with Gasteiger partial charge in [0.05, 0.1) is 0 Å². The Bertz CT molecular complexity index is 366. The summed E-state index contributed by atoms with van der Waals surface area (Å²) in [6, 6.07) is 4.14. The molecule has 4 heteroatoms. The highest BCUT2D eigenvalue weighted by molar-refractivity contribution is 9.11. The standard InChI is InChI=1S/C11H13BrFNO/c1-7(12)6-15-11-5-9(13)3-4-10(11)8(2)14/h3-5,8H,1,6,14H2,2H3/t8-/m0/s1. The van der Waals surface area contributed by atoms with Gasteiger partial charge in [0, 0.05) is 22.2 Å². The van der Waals surface area contributed by atoms with Crippen molar-refractivity contribution < 1.29 is 9.13 Å². The Balaban J connectivity index is 2.91. The van der Waals surface area contributed by atoms with Gasteiger partial charge in [-0.2, -0.15) is 0 Å². The molecule has 0 saturated heterocycles. The van der Waals surface area contributed by atoms with Crippen molar-refractivity contribution in [3.8, 4) is 5.75 Å². The molecule has 1 aromatic rings. The molecule has 0 spiro atoms. The van der Waals surface area contributed by atoms with E-state index in [1.54, 1.807) is 6.07 Å². The van der Waals surface area contributed by atoms with Crippen LogP contribution in [-0.4, -0.2) is 6.61 Å². The summed E-state index contributed by atoms with van der Waals surface area (Å²) < 4.78 is 19.1. The van der Waals surface area contributed by atoms with E-state index in [-0.39, 0.29) is 11.9 Å². The van der Waals surface area contributed by atoms with Crippen LogP contribution in [0.2, 0.25) is 0 Å². The maximum Gasteiger partial charge on any atom is 0.127 e. The molecule has 2 nitrogen and oxygen atoms in total. The van der Waals surface area contributed by atoms with Crippen molar-refractivity contribution >= 4 is 15.9 Å². The van der Waals surface area contributed by atoms with Crippen molar-refractivity contribution in [2.24, 2.45) is 5.73 Å². The lowest BCUT2D eigenvalue weighted by molar-refractivity contribution is 0.352. The van der Waals surface area contributed by atoms with Crippen LogP contribution in [0.1, 0.15) is 18.5 Å². The Hall–Kier alpha value is -0.870. The number of nitrogens with two attached hydrogens (primary N) is 1. The van der Waals surface area contributed by atoms with E-state index in [4.69, 9.17) is 10.5 Å². The van der Waals surface area contributed by atoms with E-state index in [9.17, 15) is 4.39 Å². The Morgan fingerprint density at radius 1 is 1.67 bits per heavy atom. The van der Waals surface area contributed by atoms with E-state index in [1.807, 2.05) is 6.92 Å². The maximum atomic E-state index is 13.0. The average Bonchev–Trinajstić information content (AvgIpc) is 2.14. The van der Waals surface area contributed by atoms with Gasteiger partial charge in [-0.1, -0.05) is 28.6 Å². The molecule has 0 saturated carbocycles. The van der Waals surface area contributed by atoms with E-state index in [1.165, 1.54) is 12.1 Å². The van der Waals surface area contributed by atoms with Gasteiger partial charge in [-0.05, 0) is 13.0 Å². The molecule has 82 valence electrons. The van der Waals surface area contributed by atoms with Crippen LogP contribution in [0.15, 0.2) is 29.3 Å². The topological polar surface area (TPSA) is 35.2 Å². The molecule has 0 fully saturated rings. The maximum absolute atomic E-state index is 13.0. The fourth-order valence-electron chi connectivity index (χ4n) is 1.17. The van der Waals surface area contributed by atoms with Crippen molar-refractivity contribution in [1.82, 2.24) is 0 Å². The SMILES string of the molecule is C=C(Br)COc1cc(F)ccc1[C@H](C)N. The van der Waals surface area contributed by atoms with E-state index in [0.29, 0.717) is 16.8 Å². The molecule has 0 aliphatic heterocycles. The summed E-state index contributed by atoms with van der Waals surface area (Å²) in [5.41, 5.74) is 6.52. The summed E-state index contributed by atoms with van der Waals surface area (Å²) in [5, 5.41) is 0. The quantitative estimate of drug-likeness (QED) is 0.915. The molecular formula is C11H13BrFNO. The first-order valence-corrected chi connectivity index (χ1v) is 5.31. The molecule has 1 rings (SSSR count). The second kappa shape index (κ2) is 5.28. The molecule has 0 aliphatic rings. The molecule has 2 N–H and O–H groups in total. The predicted octanol–water partition coefficient (Wildman–Crippen LogP) is 3.13. The van der Waals surface area contributed by atoms with Gasteiger partial charge in [-0.25, -0.2) is 4.39 Å². The van der Waals surface area contributed by atoms with Crippen molar-refractivity contribution in [3.05, 3.63) is 40.6 Å². The van der Waals surface area contributed by atoms with E-state index >= 15 is 0 Å². The second-order valence-corrected chi connectivity index (χ2v) is 4.40. The lowest BCUT2D eigenvalue weighted by Crippen LogP contribution is -2.08. The zero-order chi connectivity index (χ0) is 11.4. The number of hydrogen-bond acceptors (Lipinski definition) is 2. The monoisotopic (exact) mass is 273 g/mol. The fraction of sp³-hybridized carbons (Fsp3) is 0.273. The van der Waals surface area contributed by atoms with Gasteiger partial charge in [-0.15, -0.1) is 0 Å². The Morgan fingerprint density at radius 3 is 2.87 bits per heavy atom. The third-order valence-corrected chi connectivity index (χ3v) is 2.08. The van der Waals surface area contributed by atoms with E-state index in [2.05, 4.69) is 22.5 Å². The number of rotatable bonds is 4. The molecule has 0 radical (unpaired) electrons. The van der Waals surface area contributed by atoms with E-state index in [0.717, 1.165) is 5.56 Å². The van der Waals surface area contributed by atoms with E-state index < -0.39 is 0 Å².